The van der Waals surface area contributed by atoms with Crippen molar-refractivity contribution in [1.29, 1.82) is 0 Å². The molecule has 1 heterocycles. The Morgan fingerprint density at radius 3 is 2.63 bits per heavy atom. The zero-order chi connectivity index (χ0) is 14.0. The summed E-state index contributed by atoms with van der Waals surface area (Å²) in [6.07, 6.45) is 0. The molecule has 102 valence electrons. The topological polar surface area (TPSA) is 55.9 Å². The molecular formula is C13H16F2N4. The normalized spacial score (nSPS) is 12.7. The summed E-state index contributed by atoms with van der Waals surface area (Å²) in [5.41, 5.74) is 4.83. The highest BCUT2D eigenvalue weighted by molar-refractivity contribution is 5.29. The van der Waals surface area contributed by atoms with Crippen LogP contribution >= 0.6 is 0 Å². The van der Waals surface area contributed by atoms with Gasteiger partial charge < -0.3 is 0 Å². The van der Waals surface area contributed by atoms with Crippen molar-refractivity contribution >= 4 is 0 Å². The van der Waals surface area contributed by atoms with Gasteiger partial charge in [0.25, 0.3) is 0 Å². The molecule has 1 aromatic carbocycles. The molecule has 0 aliphatic rings. The predicted octanol–water partition coefficient (Wildman–Crippen LogP) is 2.04. The van der Waals surface area contributed by atoms with Gasteiger partial charge >= 0.3 is 0 Å². The number of hydrazine groups is 1. The largest absolute Gasteiger partial charge is 0.271 e. The second-order valence-corrected chi connectivity index (χ2v) is 4.30. The maximum atomic E-state index is 13.3. The summed E-state index contributed by atoms with van der Waals surface area (Å²) < 4.78 is 28.1. The number of nitrogens with one attached hydrogen (secondary N) is 1. The van der Waals surface area contributed by atoms with Crippen LogP contribution in [0.1, 0.15) is 29.9 Å². The second-order valence-electron chi connectivity index (χ2n) is 4.30. The molecule has 0 amide bonds. The minimum Gasteiger partial charge on any atom is -0.271 e. The van der Waals surface area contributed by atoms with E-state index in [1.54, 1.807) is 4.68 Å². The van der Waals surface area contributed by atoms with Crippen molar-refractivity contribution in [3.63, 3.8) is 0 Å². The number of nitrogens with two attached hydrogens (primary N) is 1. The van der Waals surface area contributed by atoms with Gasteiger partial charge in [-0.1, -0.05) is 6.07 Å². The van der Waals surface area contributed by atoms with Gasteiger partial charge in [0, 0.05) is 6.54 Å². The van der Waals surface area contributed by atoms with Crippen molar-refractivity contribution in [2.75, 3.05) is 0 Å². The van der Waals surface area contributed by atoms with Crippen molar-refractivity contribution < 1.29 is 8.78 Å². The lowest BCUT2D eigenvalue weighted by atomic mass is 10.0. The van der Waals surface area contributed by atoms with Crippen LogP contribution in [0, 0.1) is 18.6 Å². The number of aromatic nitrogens is 2. The third-order valence-corrected chi connectivity index (χ3v) is 2.97. The molecule has 4 nitrogen and oxygen atoms in total. The highest BCUT2D eigenvalue weighted by Gasteiger charge is 2.19. The van der Waals surface area contributed by atoms with Gasteiger partial charge in [-0.15, -0.1) is 0 Å². The molecule has 3 N–H and O–H groups in total. The van der Waals surface area contributed by atoms with Crippen LogP contribution in [0.2, 0.25) is 0 Å². The smallest absolute Gasteiger partial charge is 0.159 e. The Balaban J connectivity index is 2.46. The predicted molar refractivity (Wildman–Crippen MR) is 68.2 cm³/mol. The van der Waals surface area contributed by atoms with Gasteiger partial charge in [0.1, 0.15) is 0 Å². The zero-order valence-electron chi connectivity index (χ0n) is 10.8. The van der Waals surface area contributed by atoms with E-state index in [0.29, 0.717) is 12.1 Å². The number of benzene rings is 1. The fourth-order valence-corrected chi connectivity index (χ4v) is 2.10. The maximum Gasteiger partial charge on any atom is 0.159 e. The Hall–Kier alpha value is -1.79. The minimum atomic E-state index is -0.892. The third-order valence-electron chi connectivity index (χ3n) is 2.97. The van der Waals surface area contributed by atoms with E-state index in [0.717, 1.165) is 23.5 Å². The fraction of sp³-hybridized carbons (Fsp3) is 0.308. The molecule has 0 bridgehead atoms. The molecule has 1 atom stereocenters. The van der Waals surface area contributed by atoms with Gasteiger partial charge in [-0.2, -0.15) is 5.10 Å². The summed E-state index contributed by atoms with van der Waals surface area (Å²) in [5, 5.41) is 4.32. The van der Waals surface area contributed by atoms with Crippen molar-refractivity contribution in [1.82, 2.24) is 15.2 Å². The summed E-state index contributed by atoms with van der Waals surface area (Å²) in [6, 6.07) is 5.17. The molecule has 2 aromatic rings. The van der Waals surface area contributed by atoms with Gasteiger partial charge in [0.15, 0.2) is 11.6 Å². The Morgan fingerprint density at radius 2 is 2.05 bits per heavy atom. The molecule has 0 saturated carbocycles. The molecular weight excluding hydrogens is 250 g/mol. The van der Waals surface area contributed by atoms with Crippen LogP contribution in [0.25, 0.3) is 0 Å². The van der Waals surface area contributed by atoms with E-state index in [2.05, 4.69) is 10.5 Å². The molecule has 0 radical (unpaired) electrons. The van der Waals surface area contributed by atoms with Crippen molar-refractivity contribution in [2.45, 2.75) is 26.4 Å². The number of rotatable bonds is 4. The van der Waals surface area contributed by atoms with Gasteiger partial charge in [-0.25, -0.2) is 14.2 Å². The lowest BCUT2D eigenvalue weighted by Gasteiger charge is -2.17. The van der Waals surface area contributed by atoms with E-state index in [-0.39, 0.29) is 0 Å². The monoisotopic (exact) mass is 266 g/mol. The van der Waals surface area contributed by atoms with Gasteiger partial charge in [-0.3, -0.25) is 10.5 Å². The minimum absolute atomic E-state index is 0.434. The SMILES string of the molecule is CCn1nc(C)cc1C(NN)c1ccc(F)c(F)c1. The third kappa shape index (κ3) is 2.64. The summed E-state index contributed by atoms with van der Waals surface area (Å²) >= 11 is 0. The van der Waals surface area contributed by atoms with Crippen molar-refractivity contribution in [3.05, 3.63) is 52.9 Å². The van der Waals surface area contributed by atoms with Crippen LogP contribution in [0.5, 0.6) is 0 Å². The number of nitrogens with zero attached hydrogens (tertiary/aromatic N) is 2. The first-order chi connectivity index (χ1) is 9.06. The first kappa shape index (κ1) is 13.6. The highest BCUT2D eigenvalue weighted by atomic mass is 19.2. The average molecular weight is 266 g/mol. The standard InChI is InChI=1S/C13H16F2N4/c1-3-19-12(6-8(2)18-19)13(17-16)9-4-5-10(14)11(15)7-9/h4-7,13,17H,3,16H2,1-2H3. The van der Waals surface area contributed by atoms with Gasteiger partial charge in [-0.05, 0) is 37.6 Å². The van der Waals surface area contributed by atoms with E-state index in [1.165, 1.54) is 6.07 Å². The van der Waals surface area contributed by atoms with Crippen LogP contribution in [0.15, 0.2) is 24.3 Å². The Labute approximate surface area is 110 Å². The Bertz CT molecular complexity index is 580. The quantitative estimate of drug-likeness (QED) is 0.657. The van der Waals surface area contributed by atoms with E-state index in [4.69, 9.17) is 5.84 Å². The second kappa shape index (κ2) is 5.46. The van der Waals surface area contributed by atoms with Crippen LogP contribution < -0.4 is 11.3 Å². The van der Waals surface area contributed by atoms with Crippen LogP contribution in [0.4, 0.5) is 8.78 Å². The van der Waals surface area contributed by atoms with Gasteiger partial charge in [0.2, 0.25) is 0 Å². The summed E-state index contributed by atoms with van der Waals surface area (Å²) in [7, 11) is 0. The maximum absolute atomic E-state index is 13.3. The lowest BCUT2D eigenvalue weighted by Crippen LogP contribution is -2.30. The van der Waals surface area contributed by atoms with Crippen molar-refractivity contribution in [2.24, 2.45) is 5.84 Å². The van der Waals surface area contributed by atoms with E-state index >= 15 is 0 Å². The Morgan fingerprint density at radius 1 is 1.32 bits per heavy atom. The van der Waals surface area contributed by atoms with Crippen LogP contribution in [0.3, 0.4) is 0 Å². The number of hydrogen-bond donors (Lipinski definition) is 2. The summed E-state index contributed by atoms with van der Waals surface area (Å²) in [6.45, 7) is 4.49. The molecule has 2 rings (SSSR count). The first-order valence-corrected chi connectivity index (χ1v) is 6.02. The average Bonchev–Trinajstić information content (AvgIpc) is 2.76. The molecule has 1 aromatic heterocycles. The molecule has 0 saturated heterocycles. The van der Waals surface area contributed by atoms with E-state index in [1.807, 2.05) is 19.9 Å². The van der Waals surface area contributed by atoms with E-state index < -0.39 is 17.7 Å². The molecule has 19 heavy (non-hydrogen) atoms. The molecule has 0 aliphatic heterocycles. The number of aryl methyl sites for hydroxylation is 2. The lowest BCUT2D eigenvalue weighted by molar-refractivity contribution is 0.499. The highest BCUT2D eigenvalue weighted by Crippen LogP contribution is 2.23. The molecule has 1 unspecified atom stereocenters. The Kier molecular flexibility index (Phi) is 3.92. The molecule has 0 fully saturated rings. The van der Waals surface area contributed by atoms with Gasteiger partial charge in [0.05, 0.1) is 17.4 Å². The first-order valence-electron chi connectivity index (χ1n) is 6.02. The molecule has 0 aliphatic carbocycles. The summed E-state index contributed by atoms with van der Waals surface area (Å²) in [4.78, 5) is 0. The van der Waals surface area contributed by atoms with Crippen LogP contribution in [-0.4, -0.2) is 9.78 Å². The summed E-state index contributed by atoms with van der Waals surface area (Å²) in [5.74, 6) is 3.78. The molecule has 6 heteroatoms. The number of hydrogen-bond acceptors (Lipinski definition) is 3. The number of halogens is 2. The fourth-order valence-electron chi connectivity index (χ4n) is 2.10. The van der Waals surface area contributed by atoms with Crippen molar-refractivity contribution in [3.8, 4) is 0 Å². The van der Waals surface area contributed by atoms with Crippen LogP contribution in [-0.2, 0) is 6.54 Å². The zero-order valence-corrected chi connectivity index (χ0v) is 10.8. The molecule has 0 spiro atoms. The van der Waals surface area contributed by atoms with E-state index in [9.17, 15) is 8.78 Å².